The van der Waals surface area contributed by atoms with Crippen LogP contribution in [0.1, 0.15) is 25.0 Å². The van der Waals surface area contributed by atoms with E-state index in [2.05, 4.69) is 9.97 Å². The Kier molecular flexibility index (Phi) is 4.81. The molecule has 1 aromatic heterocycles. The van der Waals surface area contributed by atoms with Crippen molar-refractivity contribution in [3.63, 3.8) is 0 Å². The predicted octanol–water partition coefficient (Wildman–Crippen LogP) is 5.30. The summed E-state index contributed by atoms with van der Waals surface area (Å²) in [7, 11) is 0. The summed E-state index contributed by atoms with van der Waals surface area (Å²) in [5.41, 5.74) is 2.77. The molecule has 1 aliphatic heterocycles. The molecular formula is C21H20N2O3S. The minimum Gasteiger partial charge on any atom is -0.493 e. The molecule has 0 radical (unpaired) electrons. The molecule has 0 atom stereocenters. The zero-order valence-corrected chi connectivity index (χ0v) is 16.1. The van der Waals surface area contributed by atoms with Gasteiger partial charge in [-0.3, -0.25) is 0 Å². The lowest BCUT2D eigenvalue weighted by atomic mass is 10.0. The van der Waals surface area contributed by atoms with E-state index < -0.39 is 0 Å². The van der Waals surface area contributed by atoms with Crippen LogP contribution in [-0.2, 0) is 6.42 Å². The van der Waals surface area contributed by atoms with Crippen LogP contribution >= 0.6 is 12.2 Å². The van der Waals surface area contributed by atoms with Gasteiger partial charge in [0.05, 0.1) is 24.3 Å². The highest BCUT2D eigenvalue weighted by molar-refractivity contribution is 7.71. The van der Waals surface area contributed by atoms with Crippen molar-refractivity contribution < 1.29 is 14.2 Å². The summed E-state index contributed by atoms with van der Waals surface area (Å²) in [5, 5.41) is 0. The number of aromatic nitrogens is 2. The summed E-state index contributed by atoms with van der Waals surface area (Å²) in [6.07, 6.45) is 0.654. The second-order valence-corrected chi connectivity index (χ2v) is 6.47. The van der Waals surface area contributed by atoms with Gasteiger partial charge in [-0.25, -0.2) is 4.98 Å². The molecule has 27 heavy (non-hydrogen) atoms. The molecule has 6 heteroatoms. The van der Waals surface area contributed by atoms with Crippen molar-refractivity contribution in [1.29, 1.82) is 0 Å². The first kappa shape index (κ1) is 17.5. The second kappa shape index (κ2) is 7.40. The number of hydrogen-bond donors (Lipinski definition) is 1. The number of fused-ring (bicyclic) bond motifs is 2. The number of aromatic amines is 1. The number of H-pyrrole nitrogens is 1. The van der Waals surface area contributed by atoms with Gasteiger partial charge in [-0.1, -0.05) is 36.5 Å². The molecule has 2 heterocycles. The van der Waals surface area contributed by atoms with E-state index >= 15 is 0 Å². The Morgan fingerprint density at radius 2 is 1.78 bits per heavy atom. The molecule has 0 saturated carbocycles. The standard InChI is InChI=1S/C21H20N2O3S/c1-3-24-16-10-6-5-9-14(16)19-22-20-15(21(27)23-19)12-13-8-7-11-17(25-4-2)18(13)26-20/h5-11H,3-4,12H2,1-2H3,(H,22,23,27). The molecule has 0 aliphatic carbocycles. The highest BCUT2D eigenvalue weighted by Crippen LogP contribution is 2.42. The monoisotopic (exact) mass is 380 g/mol. The van der Waals surface area contributed by atoms with Crippen molar-refractivity contribution in [2.24, 2.45) is 0 Å². The molecule has 4 rings (SSSR count). The van der Waals surface area contributed by atoms with E-state index in [4.69, 9.17) is 26.4 Å². The van der Waals surface area contributed by atoms with E-state index in [-0.39, 0.29) is 0 Å². The molecule has 2 aromatic carbocycles. The number of benzene rings is 2. The van der Waals surface area contributed by atoms with Crippen LogP contribution in [0.15, 0.2) is 42.5 Å². The number of ether oxygens (including phenoxy) is 3. The average Bonchev–Trinajstić information content (AvgIpc) is 2.68. The van der Waals surface area contributed by atoms with Gasteiger partial charge in [0.1, 0.15) is 16.2 Å². The van der Waals surface area contributed by atoms with Gasteiger partial charge < -0.3 is 19.2 Å². The summed E-state index contributed by atoms with van der Waals surface area (Å²) < 4.78 is 18.1. The first-order valence-corrected chi connectivity index (χ1v) is 9.40. The number of nitrogens with one attached hydrogen (secondary N) is 1. The van der Waals surface area contributed by atoms with E-state index in [0.717, 1.165) is 33.9 Å². The summed E-state index contributed by atoms with van der Waals surface area (Å²) >= 11 is 5.56. The van der Waals surface area contributed by atoms with Gasteiger partial charge in [-0.2, -0.15) is 0 Å². The lowest BCUT2D eigenvalue weighted by Gasteiger charge is -2.22. The maximum absolute atomic E-state index is 6.18. The summed E-state index contributed by atoms with van der Waals surface area (Å²) in [5.74, 6) is 3.45. The molecule has 0 saturated heterocycles. The van der Waals surface area contributed by atoms with Crippen LogP contribution in [0.25, 0.3) is 11.4 Å². The average molecular weight is 380 g/mol. The number of hydrogen-bond acceptors (Lipinski definition) is 5. The Balaban J connectivity index is 1.80. The minimum absolute atomic E-state index is 0.525. The van der Waals surface area contributed by atoms with Crippen molar-refractivity contribution in [1.82, 2.24) is 9.97 Å². The molecule has 5 nitrogen and oxygen atoms in total. The highest BCUT2D eigenvalue weighted by atomic mass is 32.1. The number of rotatable bonds is 5. The quantitative estimate of drug-likeness (QED) is 0.476. The fourth-order valence-electron chi connectivity index (χ4n) is 3.17. The predicted molar refractivity (Wildman–Crippen MR) is 107 cm³/mol. The lowest BCUT2D eigenvalue weighted by Crippen LogP contribution is -2.09. The third-order valence-electron chi connectivity index (χ3n) is 4.35. The van der Waals surface area contributed by atoms with Crippen molar-refractivity contribution in [2.75, 3.05) is 13.2 Å². The van der Waals surface area contributed by atoms with Gasteiger partial charge in [0, 0.05) is 12.0 Å². The molecule has 1 aliphatic rings. The normalized spacial score (nSPS) is 11.9. The molecule has 0 unspecified atom stereocenters. The van der Waals surface area contributed by atoms with E-state index in [0.29, 0.717) is 36.0 Å². The fourth-order valence-corrected chi connectivity index (χ4v) is 3.43. The first-order valence-electron chi connectivity index (χ1n) is 8.99. The zero-order valence-electron chi connectivity index (χ0n) is 15.2. The van der Waals surface area contributed by atoms with Crippen molar-refractivity contribution in [3.05, 3.63) is 58.2 Å². The maximum Gasteiger partial charge on any atom is 0.205 e. The molecule has 0 spiro atoms. The van der Waals surface area contributed by atoms with Crippen molar-refractivity contribution >= 4 is 12.2 Å². The Bertz CT molecular complexity index is 1050. The Morgan fingerprint density at radius 1 is 1.04 bits per heavy atom. The molecule has 1 N–H and O–H groups in total. The molecule has 3 aromatic rings. The van der Waals surface area contributed by atoms with Crippen LogP contribution in [0.2, 0.25) is 0 Å². The van der Waals surface area contributed by atoms with Crippen LogP contribution in [0.3, 0.4) is 0 Å². The third-order valence-corrected chi connectivity index (χ3v) is 4.69. The molecule has 138 valence electrons. The van der Waals surface area contributed by atoms with Crippen LogP contribution in [-0.4, -0.2) is 23.2 Å². The topological polar surface area (TPSA) is 56.4 Å². The molecule has 0 bridgehead atoms. The fraction of sp³-hybridized carbons (Fsp3) is 0.238. The van der Waals surface area contributed by atoms with E-state index in [1.807, 2.05) is 56.3 Å². The molecule has 0 amide bonds. The number of para-hydroxylation sites is 2. The maximum atomic E-state index is 6.18. The molecule has 0 fully saturated rings. The number of nitrogens with zero attached hydrogens (tertiary/aromatic N) is 1. The van der Waals surface area contributed by atoms with Crippen molar-refractivity contribution in [2.45, 2.75) is 20.3 Å². The van der Waals surface area contributed by atoms with Gasteiger partial charge in [0.15, 0.2) is 11.5 Å². The van der Waals surface area contributed by atoms with E-state index in [1.54, 1.807) is 0 Å². The first-order chi connectivity index (χ1) is 13.2. The van der Waals surface area contributed by atoms with Crippen LogP contribution in [0.4, 0.5) is 0 Å². The SMILES string of the molecule is CCOc1ccccc1-c1nc(=S)c2c([nH]1)Oc1c(cccc1OCC)C2. The van der Waals surface area contributed by atoms with E-state index in [9.17, 15) is 0 Å². The van der Waals surface area contributed by atoms with Crippen LogP contribution < -0.4 is 14.2 Å². The van der Waals surface area contributed by atoms with Gasteiger partial charge in [0.2, 0.25) is 5.88 Å². The Morgan fingerprint density at radius 3 is 2.59 bits per heavy atom. The molecular weight excluding hydrogens is 360 g/mol. The van der Waals surface area contributed by atoms with Crippen molar-refractivity contribution in [3.8, 4) is 34.5 Å². The Labute approximate surface area is 163 Å². The largest absolute Gasteiger partial charge is 0.493 e. The van der Waals surface area contributed by atoms with Crippen LogP contribution in [0.5, 0.6) is 23.1 Å². The lowest BCUT2D eigenvalue weighted by molar-refractivity contribution is 0.315. The van der Waals surface area contributed by atoms with Gasteiger partial charge in [0.25, 0.3) is 0 Å². The van der Waals surface area contributed by atoms with E-state index in [1.165, 1.54) is 0 Å². The Hall–Kier alpha value is -2.86. The smallest absolute Gasteiger partial charge is 0.205 e. The highest BCUT2D eigenvalue weighted by Gasteiger charge is 2.24. The zero-order chi connectivity index (χ0) is 18.8. The van der Waals surface area contributed by atoms with Gasteiger partial charge >= 0.3 is 0 Å². The third kappa shape index (κ3) is 3.28. The minimum atomic E-state index is 0.525. The summed E-state index contributed by atoms with van der Waals surface area (Å²) in [6, 6.07) is 13.6. The second-order valence-electron chi connectivity index (χ2n) is 6.08. The summed E-state index contributed by atoms with van der Waals surface area (Å²) in [4.78, 5) is 7.89. The van der Waals surface area contributed by atoms with Gasteiger partial charge in [-0.05, 0) is 32.0 Å². The summed E-state index contributed by atoms with van der Waals surface area (Å²) in [6.45, 7) is 5.06. The van der Waals surface area contributed by atoms with Crippen LogP contribution in [0, 0.1) is 4.64 Å². The van der Waals surface area contributed by atoms with Gasteiger partial charge in [-0.15, -0.1) is 0 Å².